The number of aliphatic hydroxyl groups is 1. The lowest BCUT2D eigenvalue weighted by Gasteiger charge is -2.08. The molecule has 0 bridgehead atoms. The number of allylic oxidation sites excluding steroid dienone is 4. The van der Waals surface area contributed by atoms with E-state index < -0.39 is 0 Å². The Morgan fingerprint density at radius 3 is 2.53 bits per heavy atom. The molecule has 0 unspecified atom stereocenters. The van der Waals surface area contributed by atoms with Gasteiger partial charge in [-0.25, -0.2) is 4.68 Å². The summed E-state index contributed by atoms with van der Waals surface area (Å²) in [6.07, 6.45) is 7.13. The summed E-state index contributed by atoms with van der Waals surface area (Å²) in [5, 5.41) is 13.9. The summed E-state index contributed by atoms with van der Waals surface area (Å²) in [5.41, 5.74) is 0.860. The summed E-state index contributed by atoms with van der Waals surface area (Å²) in [7, 11) is 0. The van der Waals surface area contributed by atoms with E-state index in [1.165, 1.54) is 16.8 Å². The number of carbonyl (C=O) groups is 1. The number of nitrogens with zero attached hydrogens (tertiary/aromatic N) is 2. The van der Waals surface area contributed by atoms with Crippen LogP contribution in [0.1, 0.15) is 38.2 Å². The zero-order valence-corrected chi connectivity index (χ0v) is 12.0. The van der Waals surface area contributed by atoms with Gasteiger partial charge in [0.25, 0.3) is 0 Å². The molecule has 1 rings (SSSR count). The maximum atomic E-state index is 10.6. The predicted molar refractivity (Wildman–Crippen MR) is 79.0 cm³/mol. The maximum Gasteiger partial charge on any atom is 0.170 e. The third-order valence-electron chi connectivity index (χ3n) is 2.01. The molecule has 4 heteroatoms. The molecule has 1 aromatic rings. The van der Waals surface area contributed by atoms with Crippen LogP contribution < -0.4 is 0 Å². The van der Waals surface area contributed by atoms with Gasteiger partial charge in [-0.3, -0.25) is 4.79 Å². The lowest BCUT2D eigenvalue weighted by atomic mass is 10.1. The van der Waals surface area contributed by atoms with E-state index in [1.54, 1.807) is 12.3 Å². The van der Waals surface area contributed by atoms with E-state index in [0.29, 0.717) is 17.7 Å². The van der Waals surface area contributed by atoms with Gasteiger partial charge < -0.3 is 5.11 Å². The highest BCUT2D eigenvalue weighted by atomic mass is 16.3. The van der Waals surface area contributed by atoms with Crippen molar-refractivity contribution < 1.29 is 9.90 Å². The Hall–Kier alpha value is -2.10. The van der Waals surface area contributed by atoms with Gasteiger partial charge in [-0.2, -0.15) is 5.10 Å². The number of hydrogen-bond donors (Lipinski definition) is 1. The SMILES string of the molecule is C=C/C=C(O)\C(=C/C(C)C)n1ccc(C=O)n1.CC. The van der Waals surface area contributed by atoms with Crippen molar-refractivity contribution in [3.05, 3.63) is 48.5 Å². The Morgan fingerprint density at radius 2 is 2.11 bits per heavy atom. The van der Waals surface area contributed by atoms with Gasteiger partial charge in [0, 0.05) is 6.20 Å². The molecule has 0 atom stereocenters. The van der Waals surface area contributed by atoms with E-state index in [9.17, 15) is 9.90 Å². The molecule has 19 heavy (non-hydrogen) atoms. The van der Waals surface area contributed by atoms with Crippen molar-refractivity contribution in [2.75, 3.05) is 0 Å². The van der Waals surface area contributed by atoms with Crippen molar-refractivity contribution in [3.63, 3.8) is 0 Å². The third-order valence-corrected chi connectivity index (χ3v) is 2.01. The van der Waals surface area contributed by atoms with E-state index in [0.717, 1.165) is 0 Å². The molecule has 0 radical (unpaired) electrons. The molecule has 1 heterocycles. The average molecular weight is 262 g/mol. The normalized spacial score (nSPS) is 11.8. The molecular weight excluding hydrogens is 240 g/mol. The monoisotopic (exact) mass is 262 g/mol. The van der Waals surface area contributed by atoms with Crippen LogP contribution in [0.4, 0.5) is 0 Å². The van der Waals surface area contributed by atoms with Crippen LogP contribution in [-0.4, -0.2) is 21.2 Å². The zero-order valence-electron chi connectivity index (χ0n) is 12.0. The van der Waals surface area contributed by atoms with Crippen LogP contribution in [0, 0.1) is 5.92 Å². The lowest BCUT2D eigenvalue weighted by molar-refractivity contribution is 0.111. The van der Waals surface area contributed by atoms with Gasteiger partial charge in [0.05, 0.1) is 0 Å². The summed E-state index contributed by atoms with van der Waals surface area (Å²) in [4.78, 5) is 10.6. The first-order chi connectivity index (χ1) is 9.08. The molecule has 0 aliphatic carbocycles. The number of carbonyl (C=O) groups excluding carboxylic acids is 1. The summed E-state index contributed by atoms with van der Waals surface area (Å²) in [6, 6.07) is 1.59. The number of rotatable bonds is 5. The van der Waals surface area contributed by atoms with Crippen LogP contribution in [0.3, 0.4) is 0 Å². The summed E-state index contributed by atoms with van der Waals surface area (Å²) >= 11 is 0. The summed E-state index contributed by atoms with van der Waals surface area (Å²) in [6.45, 7) is 11.5. The van der Waals surface area contributed by atoms with Gasteiger partial charge in [0.15, 0.2) is 6.29 Å². The van der Waals surface area contributed by atoms with Gasteiger partial charge in [-0.15, -0.1) is 0 Å². The molecule has 0 saturated carbocycles. The molecule has 0 saturated heterocycles. The van der Waals surface area contributed by atoms with Gasteiger partial charge in [0.2, 0.25) is 0 Å². The van der Waals surface area contributed by atoms with Crippen molar-refractivity contribution in [2.45, 2.75) is 27.7 Å². The standard InChI is InChI=1S/C13H16N2O2.C2H6/c1-4-5-13(17)12(8-10(2)3)15-7-6-11(9-16)14-15;1-2/h4-10,17H,1H2,2-3H3;1-2H3/b12-8+,13-5+;. The van der Waals surface area contributed by atoms with Crippen molar-refractivity contribution in [3.8, 4) is 0 Å². The van der Waals surface area contributed by atoms with Gasteiger partial charge in [0.1, 0.15) is 17.2 Å². The van der Waals surface area contributed by atoms with Crippen LogP contribution in [0.15, 0.2) is 42.8 Å². The second-order valence-corrected chi connectivity index (χ2v) is 3.89. The quantitative estimate of drug-likeness (QED) is 0.498. The fourth-order valence-corrected chi connectivity index (χ4v) is 1.33. The molecule has 0 fully saturated rings. The molecule has 0 amide bonds. The topological polar surface area (TPSA) is 55.1 Å². The van der Waals surface area contributed by atoms with E-state index in [1.807, 2.05) is 33.8 Å². The smallest absolute Gasteiger partial charge is 0.170 e. The van der Waals surface area contributed by atoms with Crippen molar-refractivity contribution in [1.82, 2.24) is 9.78 Å². The molecule has 1 aromatic heterocycles. The minimum atomic E-state index is 0.0641. The zero-order chi connectivity index (χ0) is 14.8. The molecule has 1 N–H and O–H groups in total. The van der Waals surface area contributed by atoms with E-state index >= 15 is 0 Å². The van der Waals surface area contributed by atoms with Gasteiger partial charge >= 0.3 is 0 Å². The number of aldehydes is 1. The first-order valence-corrected chi connectivity index (χ1v) is 6.33. The third kappa shape index (κ3) is 5.38. The Bertz CT molecular complexity index is 468. The number of aromatic nitrogens is 2. The molecule has 0 aliphatic heterocycles. The van der Waals surface area contributed by atoms with E-state index in [-0.39, 0.29) is 11.7 Å². The first kappa shape index (κ1) is 16.9. The molecule has 0 aliphatic rings. The number of aliphatic hydroxyl groups excluding tert-OH is 1. The highest BCUT2D eigenvalue weighted by Gasteiger charge is 2.08. The number of hydrogen-bond acceptors (Lipinski definition) is 3. The Balaban J connectivity index is 0.00000154. The highest BCUT2D eigenvalue weighted by molar-refractivity contribution is 5.72. The van der Waals surface area contributed by atoms with Crippen molar-refractivity contribution >= 4 is 12.0 Å². The molecule has 104 valence electrons. The van der Waals surface area contributed by atoms with Crippen LogP contribution in [-0.2, 0) is 0 Å². The first-order valence-electron chi connectivity index (χ1n) is 6.33. The average Bonchev–Trinajstić information content (AvgIpc) is 2.87. The van der Waals surface area contributed by atoms with E-state index in [2.05, 4.69) is 11.7 Å². The highest BCUT2D eigenvalue weighted by Crippen LogP contribution is 2.16. The van der Waals surface area contributed by atoms with Crippen molar-refractivity contribution in [2.24, 2.45) is 5.92 Å². The van der Waals surface area contributed by atoms with Crippen molar-refractivity contribution in [1.29, 1.82) is 0 Å². The molecule has 0 aromatic carbocycles. The molecular formula is C15H22N2O2. The Kier molecular flexibility index (Phi) is 7.93. The molecule has 0 spiro atoms. The minimum Gasteiger partial charge on any atom is -0.506 e. The molecule has 4 nitrogen and oxygen atoms in total. The van der Waals surface area contributed by atoms with Crippen LogP contribution >= 0.6 is 0 Å². The van der Waals surface area contributed by atoms with Crippen LogP contribution in [0.25, 0.3) is 5.70 Å². The fraction of sp³-hybridized carbons (Fsp3) is 0.333. The second-order valence-electron chi connectivity index (χ2n) is 3.89. The summed E-state index contributed by atoms with van der Waals surface area (Å²) in [5.74, 6) is 0.309. The van der Waals surface area contributed by atoms with Crippen LogP contribution in [0.5, 0.6) is 0 Å². The van der Waals surface area contributed by atoms with Crippen LogP contribution in [0.2, 0.25) is 0 Å². The predicted octanol–water partition coefficient (Wildman–Crippen LogP) is 3.85. The second kappa shape index (κ2) is 8.91. The fourth-order valence-electron chi connectivity index (χ4n) is 1.33. The van der Waals surface area contributed by atoms with Gasteiger partial charge in [-0.1, -0.05) is 46.4 Å². The minimum absolute atomic E-state index is 0.0641. The van der Waals surface area contributed by atoms with Gasteiger partial charge in [-0.05, 0) is 18.1 Å². The summed E-state index contributed by atoms with van der Waals surface area (Å²) < 4.78 is 1.47. The largest absolute Gasteiger partial charge is 0.506 e. The Labute approximate surface area is 114 Å². The Morgan fingerprint density at radius 1 is 1.47 bits per heavy atom. The maximum absolute atomic E-state index is 10.6. The van der Waals surface area contributed by atoms with E-state index in [4.69, 9.17) is 0 Å². The lowest BCUT2D eigenvalue weighted by Crippen LogP contribution is -2.03.